The smallest absolute Gasteiger partial charge is 0.330 e. The highest BCUT2D eigenvalue weighted by Gasteiger charge is 2.57. The van der Waals surface area contributed by atoms with Crippen molar-refractivity contribution in [2.45, 2.75) is 56.8 Å². The topological polar surface area (TPSA) is 93.5 Å². The second kappa shape index (κ2) is 9.31. The highest BCUT2D eigenvalue weighted by Crippen LogP contribution is 2.42. The molecule has 1 aliphatic heterocycles. The zero-order chi connectivity index (χ0) is 25.4. The van der Waals surface area contributed by atoms with Crippen molar-refractivity contribution in [3.8, 4) is 0 Å². The van der Waals surface area contributed by atoms with Gasteiger partial charge in [0.05, 0.1) is 6.61 Å². The molecule has 0 unspecified atom stereocenters. The fraction of sp³-hybridized carbons (Fsp3) is 0.385. The van der Waals surface area contributed by atoms with Gasteiger partial charge in [-0.05, 0) is 22.3 Å². The van der Waals surface area contributed by atoms with Crippen molar-refractivity contribution < 1.29 is 18.7 Å². The molecular weight excluding hydrogens is 467 g/mol. The maximum absolute atomic E-state index is 15.7. The average molecular weight is 499 g/mol. The summed E-state index contributed by atoms with van der Waals surface area (Å²) in [5, 5.41) is 12.7. The van der Waals surface area contributed by atoms with Gasteiger partial charge in [-0.3, -0.25) is 14.3 Å². The monoisotopic (exact) mass is 498 g/mol. The molecule has 2 N–H and O–H groups in total. The Labute approximate surface area is 204 Å². The largest absolute Gasteiger partial charge is 0.405 e. The SMILES string of the molecule is CC(C)(C)[Si](OC[C@H]1O[C@@H](n2ccc(=O)[nH]c2=O)[C@](C)(F)[C@@H]1O)(c1ccccc1)c1ccccc1. The fourth-order valence-electron chi connectivity index (χ4n) is 4.93. The number of benzene rings is 2. The number of nitrogens with one attached hydrogen (secondary N) is 1. The summed E-state index contributed by atoms with van der Waals surface area (Å²) in [6, 6.07) is 21.0. The van der Waals surface area contributed by atoms with Crippen LogP contribution in [0.25, 0.3) is 0 Å². The van der Waals surface area contributed by atoms with Crippen LogP contribution in [0.5, 0.6) is 0 Å². The number of hydrogen-bond acceptors (Lipinski definition) is 5. The number of halogens is 1. The van der Waals surface area contributed by atoms with E-state index in [1.54, 1.807) is 0 Å². The predicted molar refractivity (Wildman–Crippen MR) is 134 cm³/mol. The van der Waals surface area contributed by atoms with Crippen molar-refractivity contribution in [2.24, 2.45) is 0 Å². The minimum Gasteiger partial charge on any atom is -0.405 e. The molecule has 1 saturated heterocycles. The molecule has 0 saturated carbocycles. The van der Waals surface area contributed by atoms with Crippen molar-refractivity contribution in [3.05, 3.63) is 93.8 Å². The molecule has 9 heteroatoms. The van der Waals surface area contributed by atoms with Crippen LogP contribution >= 0.6 is 0 Å². The predicted octanol–water partition coefficient (Wildman–Crippen LogP) is 2.10. The molecule has 0 radical (unpaired) electrons. The van der Waals surface area contributed by atoms with Crippen LogP contribution in [-0.4, -0.2) is 47.5 Å². The minimum absolute atomic E-state index is 0.0808. The maximum atomic E-state index is 15.7. The lowest BCUT2D eigenvalue weighted by molar-refractivity contribution is -0.0594. The van der Waals surface area contributed by atoms with Gasteiger partial charge in [0.15, 0.2) is 11.9 Å². The zero-order valence-corrected chi connectivity index (χ0v) is 21.3. The molecule has 4 rings (SSSR count). The third kappa shape index (κ3) is 4.45. The van der Waals surface area contributed by atoms with Crippen molar-refractivity contribution in [2.75, 3.05) is 6.61 Å². The Morgan fingerprint density at radius 3 is 2.09 bits per heavy atom. The number of H-pyrrole nitrogens is 1. The van der Waals surface area contributed by atoms with Crippen LogP contribution in [0, 0.1) is 0 Å². The second-order valence-corrected chi connectivity index (χ2v) is 14.4. The normalized spacial score (nSPS) is 25.0. The van der Waals surface area contributed by atoms with Gasteiger partial charge >= 0.3 is 5.69 Å². The molecule has 186 valence electrons. The van der Waals surface area contributed by atoms with Crippen LogP contribution in [0.15, 0.2) is 82.5 Å². The molecule has 7 nitrogen and oxygen atoms in total. The number of aliphatic hydroxyl groups is 1. The van der Waals surface area contributed by atoms with E-state index in [0.29, 0.717) is 0 Å². The zero-order valence-electron chi connectivity index (χ0n) is 20.3. The molecule has 0 bridgehead atoms. The summed E-state index contributed by atoms with van der Waals surface area (Å²) in [5.74, 6) is 0. The molecule has 0 aliphatic carbocycles. The molecule has 0 spiro atoms. The number of rotatable bonds is 6. The fourth-order valence-corrected chi connectivity index (χ4v) is 9.50. The quantitative estimate of drug-likeness (QED) is 0.508. The van der Waals surface area contributed by atoms with Crippen LogP contribution in [-0.2, 0) is 9.16 Å². The van der Waals surface area contributed by atoms with E-state index in [2.05, 4.69) is 25.8 Å². The number of ether oxygens (including phenoxy) is 1. The third-order valence-electron chi connectivity index (χ3n) is 6.70. The third-order valence-corrected chi connectivity index (χ3v) is 11.7. The van der Waals surface area contributed by atoms with Gasteiger partial charge in [0, 0.05) is 12.3 Å². The Morgan fingerprint density at radius 2 is 1.60 bits per heavy atom. The highest BCUT2D eigenvalue weighted by molar-refractivity contribution is 6.99. The first-order valence-corrected chi connectivity index (χ1v) is 13.5. The average Bonchev–Trinajstić information content (AvgIpc) is 3.03. The number of nitrogens with zero attached hydrogens (tertiary/aromatic N) is 1. The Hall–Kier alpha value is -2.85. The maximum Gasteiger partial charge on any atom is 0.330 e. The van der Waals surface area contributed by atoms with Gasteiger partial charge in [-0.1, -0.05) is 81.4 Å². The lowest BCUT2D eigenvalue weighted by Crippen LogP contribution is -2.67. The van der Waals surface area contributed by atoms with Crippen LogP contribution in [0.3, 0.4) is 0 Å². The van der Waals surface area contributed by atoms with Gasteiger partial charge in [-0.2, -0.15) is 0 Å². The standard InChI is InChI=1S/C26H31FN2O5Si/c1-25(2,3)35(18-11-7-5-8-12-18,19-13-9-6-10-14-19)33-17-20-22(31)26(4,27)23(34-20)29-16-15-21(30)28-24(29)32/h5-16,20,22-23,31H,17H2,1-4H3,(H,28,30,32)/t20-,22-,23-,26-/m1/s1. The molecule has 1 aromatic heterocycles. The Balaban J connectivity index is 1.72. The first-order chi connectivity index (χ1) is 16.5. The molecule has 1 aliphatic rings. The van der Waals surface area contributed by atoms with Gasteiger partial charge < -0.3 is 14.3 Å². The van der Waals surface area contributed by atoms with E-state index < -0.39 is 43.7 Å². The summed E-state index contributed by atoms with van der Waals surface area (Å²) in [4.78, 5) is 25.9. The molecule has 2 heterocycles. The number of aromatic amines is 1. The van der Waals surface area contributed by atoms with Crippen molar-refractivity contribution in [1.29, 1.82) is 0 Å². The van der Waals surface area contributed by atoms with E-state index in [4.69, 9.17) is 9.16 Å². The minimum atomic E-state index is -2.94. The molecular formula is C26H31FN2O5Si. The molecule has 0 amide bonds. The van der Waals surface area contributed by atoms with Crippen molar-refractivity contribution in [3.63, 3.8) is 0 Å². The summed E-state index contributed by atoms with van der Waals surface area (Å²) in [6.45, 7) is 7.46. The summed E-state index contributed by atoms with van der Waals surface area (Å²) >= 11 is 0. The van der Waals surface area contributed by atoms with Crippen LogP contribution < -0.4 is 21.6 Å². The first kappa shape index (κ1) is 25.2. The summed E-state index contributed by atoms with van der Waals surface area (Å²) in [6.07, 6.45) is -2.84. The van der Waals surface area contributed by atoms with E-state index >= 15 is 4.39 Å². The molecule has 1 fully saturated rings. The molecule has 2 aromatic carbocycles. The Morgan fingerprint density at radius 1 is 1.06 bits per heavy atom. The first-order valence-electron chi connectivity index (χ1n) is 11.6. The van der Waals surface area contributed by atoms with E-state index in [1.807, 2.05) is 60.7 Å². The molecule has 4 atom stereocenters. The van der Waals surface area contributed by atoms with Gasteiger partial charge in [0.1, 0.15) is 12.2 Å². The van der Waals surface area contributed by atoms with E-state index in [0.717, 1.165) is 21.0 Å². The van der Waals surface area contributed by atoms with Crippen LogP contribution in [0.1, 0.15) is 33.9 Å². The second-order valence-electron chi connectivity index (χ2n) is 10.1. The molecule has 35 heavy (non-hydrogen) atoms. The number of aliphatic hydroxyl groups excluding tert-OH is 1. The Bertz CT molecular complexity index is 1230. The number of alkyl halides is 1. The van der Waals surface area contributed by atoms with Crippen LogP contribution in [0.2, 0.25) is 5.04 Å². The van der Waals surface area contributed by atoms with Gasteiger partial charge in [-0.15, -0.1) is 0 Å². The van der Waals surface area contributed by atoms with Crippen LogP contribution in [0.4, 0.5) is 4.39 Å². The van der Waals surface area contributed by atoms with E-state index in [-0.39, 0.29) is 11.6 Å². The lowest BCUT2D eigenvalue weighted by atomic mass is 9.98. The number of aromatic nitrogens is 2. The highest BCUT2D eigenvalue weighted by atomic mass is 28.4. The molecule has 3 aromatic rings. The Kier molecular flexibility index (Phi) is 6.71. The van der Waals surface area contributed by atoms with Crippen molar-refractivity contribution >= 4 is 18.7 Å². The van der Waals surface area contributed by atoms with Gasteiger partial charge in [0.25, 0.3) is 13.9 Å². The number of hydrogen-bond donors (Lipinski definition) is 2. The van der Waals surface area contributed by atoms with E-state index in [1.165, 1.54) is 13.1 Å². The van der Waals surface area contributed by atoms with Gasteiger partial charge in [0.2, 0.25) is 0 Å². The summed E-state index contributed by atoms with van der Waals surface area (Å²) < 4.78 is 29.3. The van der Waals surface area contributed by atoms with E-state index in [9.17, 15) is 14.7 Å². The lowest BCUT2D eigenvalue weighted by Gasteiger charge is -2.43. The van der Waals surface area contributed by atoms with Gasteiger partial charge in [-0.25, -0.2) is 9.18 Å². The van der Waals surface area contributed by atoms with Crippen molar-refractivity contribution in [1.82, 2.24) is 9.55 Å². The summed E-state index contributed by atoms with van der Waals surface area (Å²) in [5.41, 5.74) is -3.70. The summed E-state index contributed by atoms with van der Waals surface area (Å²) in [7, 11) is -2.94.